The van der Waals surface area contributed by atoms with Gasteiger partial charge in [-0.3, -0.25) is 9.59 Å². The molecule has 2 amide bonds. The Hall–Kier alpha value is -2.83. The Kier molecular flexibility index (Phi) is 4.79. The second-order valence-corrected chi connectivity index (χ2v) is 5.69. The molecule has 1 aromatic heterocycles. The highest BCUT2D eigenvalue weighted by molar-refractivity contribution is 6.00. The summed E-state index contributed by atoms with van der Waals surface area (Å²) in [6, 6.07) is 7.27. The maximum atomic E-state index is 12.3. The van der Waals surface area contributed by atoms with Gasteiger partial charge in [-0.05, 0) is 24.3 Å². The van der Waals surface area contributed by atoms with E-state index >= 15 is 0 Å². The molecule has 24 heavy (non-hydrogen) atoms. The molecule has 1 saturated heterocycles. The third-order valence-electron chi connectivity index (χ3n) is 4.11. The fourth-order valence-electron chi connectivity index (χ4n) is 2.77. The van der Waals surface area contributed by atoms with Crippen LogP contribution in [-0.4, -0.2) is 41.6 Å². The van der Waals surface area contributed by atoms with Crippen molar-refractivity contribution in [3.63, 3.8) is 0 Å². The molecule has 1 atom stereocenters. The SMILES string of the molecule is COc1ccc(N2C[C@@H](C(=O)NCCn3ccnc3)CC2=O)cc1. The molecule has 7 heteroatoms. The molecule has 1 aliphatic heterocycles. The number of nitrogens with zero attached hydrogens (tertiary/aromatic N) is 3. The number of aromatic nitrogens is 2. The molecule has 0 saturated carbocycles. The molecular weight excluding hydrogens is 308 g/mol. The van der Waals surface area contributed by atoms with Crippen LogP contribution in [0.1, 0.15) is 6.42 Å². The predicted molar refractivity (Wildman–Crippen MR) is 88.7 cm³/mol. The van der Waals surface area contributed by atoms with E-state index in [1.165, 1.54) is 0 Å². The highest BCUT2D eigenvalue weighted by Crippen LogP contribution is 2.26. The van der Waals surface area contributed by atoms with Crippen LogP contribution in [0.4, 0.5) is 5.69 Å². The summed E-state index contributed by atoms with van der Waals surface area (Å²) in [5.74, 6) is 0.302. The Bertz CT molecular complexity index is 697. The molecule has 1 aromatic carbocycles. The minimum atomic E-state index is -0.317. The molecule has 2 heterocycles. The number of nitrogens with one attached hydrogen (secondary N) is 1. The molecule has 0 unspecified atom stereocenters. The summed E-state index contributed by atoms with van der Waals surface area (Å²) in [6.07, 6.45) is 5.49. The van der Waals surface area contributed by atoms with Gasteiger partial charge in [-0.1, -0.05) is 0 Å². The van der Waals surface area contributed by atoms with E-state index in [1.54, 1.807) is 36.7 Å². The standard InChI is InChI=1S/C17H20N4O3/c1-24-15-4-2-14(3-5-15)21-11-13(10-16(21)22)17(23)19-7-9-20-8-6-18-12-20/h2-6,8,12-13H,7,9-11H2,1H3,(H,19,23)/t13-/m0/s1. The van der Waals surface area contributed by atoms with E-state index in [9.17, 15) is 9.59 Å². The number of imidazole rings is 1. The van der Waals surface area contributed by atoms with Crippen LogP contribution in [0.25, 0.3) is 0 Å². The molecule has 1 fully saturated rings. The lowest BCUT2D eigenvalue weighted by atomic mass is 10.1. The zero-order valence-corrected chi connectivity index (χ0v) is 13.5. The smallest absolute Gasteiger partial charge is 0.227 e. The van der Waals surface area contributed by atoms with Crippen LogP contribution in [-0.2, 0) is 16.1 Å². The van der Waals surface area contributed by atoms with Gasteiger partial charge in [0.05, 0.1) is 19.4 Å². The summed E-state index contributed by atoms with van der Waals surface area (Å²) in [7, 11) is 1.60. The van der Waals surface area contributed by atoms with Crippen LogP contribution in [0.2, 0.25) is 0 Å². The van der Waals surface area contributed by atoms with Crippen molar-refractivity contribution in [3.8, 4) is 5.75 Å². The minimum absolute atomic E-state index is 0.0325. The first kappa shape index (κ1) is 16.0. The highest BCUT2D eigenvalue weighted by atomic mass is 16.5. The molecule has 0 spiro atoms. The summed E-state index contributed by atoms with van der Waals surface area (Å²) >= 11 is 0. The van der Waals surface area contributed by atoms with Gasteiger partial charge in [0, 0.05) is 44.1 Å². The van der Waals surface area contributed by atoms with Gasteiger partial charge in [0.25, 0.3) is 0 Å². The van der Waals surface area contributed by atoms with E-state index in [0.29, 0.717) is 19.6 Å². The van der Waals surface area contributed by atoms with Gasteiger partial charge in [-0.25, -0.2) is 4.98 Å². The van der Waals surface area contributed by atoms with Crippen LogP contribution in [0.3, 0.4) is 0 Å². The normalized spacial score (nSPS) is 17.1. The molecule has 0 radical (unpaired) electrons. The molecule has 0 aliphatic carbocycles. The fraction of sp³-hybridized carbons (Fsp3) is 0.353. The zero-order valence-electron chi connectivity index (χ0n) is 13.5. The largest absolute Gasteiger partial charge is 0.497 e. The van der Waals surface area contributed by atoms with E-state index in [-0.39, 0.29) is 24.2 Å². The first-order chi connectivity index (χ1) is 11.7. The van der Waals surface area contributed by atoms with Crippen molar-refractivity contribution in [3.05, 3.63) is 43.0 Å². The fourth-order valence-corrected chi connectivity index (χ4v) is 2.77. The summed E-state index contributed by atoms with van der Waals surface area (Å²) in [6.45, 7) is 1.58. The minimum Gasteiger partial charge on any atom is -0.497 e. The van der Waals surface area contributed by atoms with Gasteiger partial charge < -0.3 is 19.5 Å². The number of benzene rings is 1. The number of rotatable bonds is 6. The lowest BCUT2D eigenvalue weighted by molar-refractivity contribution is -0.126. The Morgan fingerprint density at radius 2 is 2.17 bits per heavy atom. The van der Waals surface area contributed by atoms with Gasteiger partial charge in [0.2, 0.25) is 11.8 Å². The molecule has 2 aromatic rings. The van der Waals surface area contributed by atoms with E-state index in [4.69, 9.17) is 4.74 Å². The van der Waals surface area contributed by atoms with Gasteiger partial charge in [0.15, 0.2) is 0 Å². The molecule has 7 nitrogen and oxygen atoms in total. The van der Waals surface area contributed by atoms with Crippen LogP contribution < -0.4 is 15.0 Å². The number of amides is 2. The Balaban J connectivity index is 1.54. The summed E-state index contributed by atoms with van der Waals surface area (Å²) < 4.78 is 7.01. The highest BCUT2D eigenvalue weighted by Gasteiger charge is 2.34. The Morgan fingerprint density at radius 3 is 2.83 bits per heavy atom. The number of hydrogen-bond acceptors (Lipinski definition) is 4. The lowest BCUT2D eigenvalue weighted by Gasteiger charge is -2.17. The van der Waals surface area contributed by atoms with E-state index in [1.807, 2.05) is 22.9 Å². The molecule has 126 valence electrons. The second kappa shape index (κ2) is 7.16. The predicted octanol–water partition coefficient (Wildman–Crippen LogP) is 1.06. The summed E-state index contributed by atoms with van der Waals surface area (Å²) in [4.78, 5) is 30.1. The van der Waals surface area contributed by atoms with Crippen LogP contribution >= 0.6 is 0 Å². The number of methoxy groups -OCH3 is 1. The van der Waals surface area contributed by atoms with Crippen LogP contribution in [0.15, 0.2) is 43.0 Å². The van der Waals surface area contributed by atoms with Crippen LogP contribution in [0, 0.1) is 5.92 Å². The summed E-state index contributed by atoms with van der Waals surface area (Å²) in [5.41, 5.74) is 0.787. The van der Waals surface area contributed by atoms with Crippen molar-refractivity contribution >= 4 is 17.5 Å². The third-order valence-corrected chi connectivity index (χ3v) is 4.11. The second-order valence-electron chi connectivity index (χ2n) is 5.69. The van der Waals surface area contributed by atoms with Gasteiger partial charge >= 0.3 is 0 Å². The Labute approximate surface area is 140 Å². The quantitative estimate of drug-likeness (QED) is 0.860. The molecular formula is C17H20N4O3. The van der Waals surface area contributed by atoms with Gasteiger partial charge in [-0.2, -0.15) is 0 Å². The zero-order chi connectivity index (χ0) is 16.9. The first-order valence-corrected chi connectivity index (χ1v) is 7.85. The molecule has 1 aliphatic rings. The lowest BCUT2D eigenvalue weighted by Crippen LogP contribution is -2.34. The Morgan fingerprint density at radius 1 is 1.38 bits per heavy atom. The summed E-state index contributed by atoms with van der Waals surface area (Å²) in [5, 5.41) is 2.89. The molecule has 3 rings (SSSR count). The van der Waals surface area contributed by atoms with E-state index < -0.39 is 0 Å². The monoisotopic (exact) mass is 328 g/mol. The number of ether oxygens (including phenoxy) is 1. The van der Waals surface area contributed by atoms with Crippen molar-refractivity contribution < 1.29 is 14.3 Å². The topological polar surface area (TPSA) is 76.5 Å². The third kappa shape index (κ3) is 3.56. The number of anilines is 1. The van der Waals surface area contributed by atoms with Crippen molar-refractivity contribution in [1.82, 2.24) is 14.9 Å². The number of carbonyl (C=O) groups excluding carboxylic acids is 2. The number of hydrogen-bond donors (Lipinski definition) is 1. The average molecular weight is 328 g/mol. The van der Waals surface area contributed by atoms with E-state index in [2.05, 4.69) is 10.3 Å². The van der Waals surface area contributed by atoms with Crippen molar-refractivity contribution in [1.29, 1.82) is 0 Å². The number of carbonyl (C=O) groups is 2. The van der Waals surface area contributed by atoms with Crippen LogP contribution in [0.5, 0.6) is 5.75 Å². The van der Waals surface area contributed by atoms with Gasteiger partial charge in [-0.15, -0.1) is 0 Å². The van der Waals surface area contributed by atoms with Crippen molar-refractivity contribution in [2.75, 3.05) is 25.1 Å². The van der Waals surface area contributed by atoms with Crippen molar-refractivity contribution in [2.24, 2.45) is 5.92 Å². The molecule has 0 bridgehead atoms. The first-order valence-electron chi connectivity index (χ1n) is 7.85. The maximum absolute atomic E-state index is 12.3. The van der Waals surface area contributed by atoms with E-state index in [0.717, 1.165) is 11.4 Å². The van der Waals surface area contributed by atoms with Crippen molar-refractivity contribution in [2.45, 2.75) is 13.0 Å². The average Bonchev–Trinajstić information content (AvgIpc) is 3.24. The van der Waals surface area contributed by atoms with Gasteiger partial charge in [0.1, 0.15) is 5.75 Å². The maximum Gasteiger partial charge on any atom is 0.227 e. The molecule has 1 N–H and O–H groups in total.